The number of alkyl halides is 3. The molecular weight excluding hydrogens is 397 g/mol. The topological polar surface area (TPSA) is 55.0 Å². The van der Waals surface area contributed by atoms with Gasteiger partial charge in [-0.2, -0.15) is 13.2 Å². The number of aromatic amines is 1. The second-order valence-corrected chi connectivity index (χ2v) is 7.20. The second-order valence-electron chi connectivity index (χ2n) is 5.79. The summed E-state index contributed by atoms with van der Waals surface area (Å²) in [7, 11) is 0. The van der Waals surface area contributed by atoms with E-state index in [1.165, 1.54) is 24.3 Å². The lowest BCUT2D eigenvalue weighted by Gasteiger charge is -2.20. The van der Waals surface area contributed by atoms with Crippen LogP contribution in [-0.4, -0.2) is 28.7 Å². The van der Waals surface area contributed by atoms with Crippen molar-refractivity contribution in [1.82, 2.24) is 9.97 Å². The van der Waals surface area contributed by atoms with E-state index in [9.17, 15) is 18.0 Å². The quantitative estimate of drug-likeness (QED) is 0.452. The summed E-state index contributed by atoms with van der Waals surface area (Å²) in [5.74, 6) is -2.79. The Kier molecular flexibility index (Phi) is 5.34. The Morgan fingerprint density at radius 1 is 1.33 bits per heavy atom. The van der Waals surface area contributed by atoms with Crippen molar-refractivity contribution in [3.05, 3.63) is 56.8 Å². The number of rotatable bonds is 4. The highest BCUT2D eigenvalue weighted by atomic mass is 32.1. The van der Waals surface area contributed by atoms with Crippen LogP contribution in [0.2, 0.25) is 0 Å². The fraction of sp³-hybridized carbons (Fsp3) is 0.278. The van der Waals surface area contributed by atoms with Crippen LogP contribution in [-0.2, 0) is 4.74 Å². The van der Waals surface area contributed by atoms with E-state index in [-0.39, 0.29) is 27.5 Å². The van der Waals surface area contributed by atoms with Gasteiger partial charge in [-0.25, -0.2) is 9.78 Å². The molecule has 1 aromatic carbocycles. The Morgan fingerprint density at radius 3 is 2.59 bits per heavy atom. The van der Waals surface area contributed by atoms with Gasteiger partial charge in [0.2, 0.25) is 0 Å². The van der Waals surface area contributed by atoms with E-state index in [1.807, 2.05) is 0 Å². The summed E-state index contributed by atoms with van der Waals surface area (Å²) in [5, 5.41) is 0.468. The average Bonchev–Trinajstić information content (AvgIpc) is 2.92. The van der Waals surface area contributed by atoms with Crippen molar-refractivity contribution in [1.29, 1.82) is 0 Å². The van der Waals surface area contributed by atoms with Crippen molar-refractivity contribution in [2.75, 3.05) is 6.61 Å². The monoisotopic (exact) mass is 412 g/mol. The van der Waals surface area contributed by atoms with Crippen LogP contribution in [0.5, 0.6) is 0 Å². The summed E-state index contributed by atoms with van der Waals surface area (Å²) in [4.78, 5) is 19.4. The number of esters is 1. The van der Waals surface area contributed by atoms with Gasteiger partial charge in [0.25, 0.3) is 0 Å². The lowest BCUT2D eigenvalue weighted by molar-refractivity contribution is -0.142. The number of halogens is 3. The van der Waals surface area contributed by atoms with Crippen LogP contribution in [0.3, 0.4) is 0 Å². The molecule has 0 aliphatic carbocycles. The fourth-order valence-corrected chi connectivity index (χ4v) is 4.35. The van der Waals surface area contributed by atoms with Crippen LogP contribution in [0.1, 0.15) is 39.5 Å². The van der Waals surface area contributed by atoms with E-state index in [4.69, 9.17) is 17.0 Å². The molecule has 0 saturated heterocycles. The molecule has 3 rings (SSSR count). The summed E-state index contributed by atoms with van der Waals surface area (Å²) in [6.45, 7) is 3.55. The molecular formula is C18H15F3N2O2S2. The van der Waals surface area contributed by atoms with Gasteiger partial charge in [0.1, 0.15) is 26.1 Å². The molecule has 0 saturated carbocycles. The van der Waals surface area contributed by atoms with Crippen LogP contribution in [0, 0.1) is 11.6 Å². The number of carbonyl (C=O) groups is 1. The minimum absolute atomic E-state index is 0.0568. The van der Waals surface area contributed by atoms with Crippen molar-refractivity contribution in [3.8, 4) is 0 Å². The molecule has 27 heavy (non-hydrogen) atoms. The number of aromatic nitrogens is 2. The Bertz CT molecular complexity index is 1040. The summed E-state index contributed by atoms with van der Waals surface area (Å²) in [6.07, 6.45) is -4.56. The van der Waals surface area contributed by atoms with Gasteiger partial charge in [0, 0.05) is 5.39 Å². The van der Waals surface area contributed by atoms with Gasteiger partial charge in [-0.3, -0.25) is 0 Å². The Hall–Kier alpha value is -2.26. The van der Waals surface area contributed by atoms with Crippen LogP contribution >= 0.6 is 23.6 Å². The van der Waals surface area contributed by atoms with E-state index in [0.29, 0.717) is 15.8 Å². The predicted octanol–water partition coefficient (Wildman–Crippen LogP) is 5.53. The van der Waals surface area contributed by atoms with Crippen molar-refractivity contribution < 1.29 is 22.7 Å². The van der Waals surface area contributed by atoms with Crippen molar-refractivity contribution in [2.24, 2.45) is 0 Å². The van der Waals surface area contributed by atoms with E-state index < -0.39 is 18.1 Å². The molecule has 0 aliphatic heterocycles. The Morgan fingerprint density at radius 2 is 2.00 bits per heavy atom. The number of hydrogen-bond donors (Lipinski definition) is 1. The number of carbonyl (C=O) groups excluding carboxylic acids is 1. The highest BCUT2D eigenvalue weighted by Crippen LogP contribution is 2.40. The van der Waals surface area contributed by atoms with E-state index in [2.05, 4.69) is 9.97 Å². The average molecular weight is 412 g/mol. The minimum atomic E-state index is -4.56. The number of hydrogen-bond acceptors (Lipinski definition) is 5. The number of nitrogens with one attached hydrogen (secondary N) is 1. The number of fused-ring (bicyclic) bond motifs is 1. The third kappa shape index (κ3) is 3.74. The van der Waals surface area contributed by atoms with Crippen molar-refractivity contribution in [2.45, 2.75) is 25.9 Å². The largest absolute Gasteiger partial charge is 0.462 e. The normalized spacial score (nSPS) is 12.9. The molecule has 9 heteroatoms. The molecule has 3 aromatic rings. The van der Waals surface area contributed by atoms with Crippen LogP contribution in [0.4, 0.5) is 13.2 Å². The molecule has 0 bridgehead atoms. The van der Waals surface area contributed by atoms with Gasteiger partial charge in [-0.15, -0.1) is 11.3 Å². The number of thiophene rings is 1. The number of aryl methyl sites for hydroxylation is 1. The highest BCUT2D eigenvalue weighted by Gasteiger charge is 2.43. The summed E-state index contributed by atoms with van der Waals surface area (Å²) in [5.41, 5.74) is 0.610. The molecule has 1 N–H and O–H groups in total. The zero-order chi connectivity index (χ0) is 19.8. The van der Waals surface area contributed by atoms with E-state index >= 15 is 0 Å². The predicted molar refractivity (Wildman–Crippen MR) is 99.8 cm³/mol. The molecule has 2 heterocycles. The van der Waals surface area contributed by atoms with E-state index in [1.54, 1.807) is 19.9 Å². The zero-order valence-corrected chi connectivity index (χ0v) is 16.0. The maximum atomic E-state index is 13.8. The first-order chi connectivity index (χ1) is 12.7. The zero-order valence-electron chi connectivity index (χ0n) is 14.4. The Balaban J connectivity index is 2.20. The van der Waals surface area contributed by atoms with Gasteiger partial charge in [0.05, 0.1) is 6.61 Å². The van der Waals surface area contributed by atoms with Crippen molar-refractivity contribution in [3.63, 3.8) is 0 Å². The molecule has 0 fully saturated rings. The molecule has 0 aliphatic rings. The molecule has 1 atom stereocenters. The fourth-order valence-electron chi connectivity index (χ4n) is 2.84. The molecule has 4 nitrogen and oxygen atoms in total. The van der Waals surface area contributed by atoms with Crippen LogP contribution < -0.4 is 0 Å². The third-order valence-electron chi connectivity index (χ3n) is 4.01. The molecule has 1 unspecified atom stereocenters. The number of H-pyrrole nitrogens is 1. The van der Waals surface area contributed by atoms with Gasteiger partial charge in [-0.1, -0.05) is 42.5 Å². The molecule has 0 spiro atoms. The van der Waals surface area contributed by atoms with E-state index in [0.717, 1.165) is 11.3 Å². The Labute approximate surface area is 162 Å². The smallest absolute Gasteiger partial charge is 0.402 e. The lowest BCUT2D eigenvalue weighted by atomic mass is 9.97. The first-order valence-electron chi connectivity index (χ1n) is 8.06. The van der Waals surface area contributed by atoms with Gasteiger partial charge < -0.3 is 9.72 Å². The summed E-state index contributed by atoms with van der Waals surface area (Å²) in [6, 6.07) is 7.50. The molecule has 0 radical (unpaired) electrons. The molecule has 0 amide bonds. The van der Waals surface area contributed by atoms with Crippen molar-refractivity contribution >= 4 is 39.7 Å². The number of benzene rings is 1. The summed E-state index contributed by atoms with van der Waals surface area (Å²) < 4.78 is 46.4. The summed E-state index contributed by atoms with van der Waals surface area (Å²) >= 11 is 6.26. The molecule has 142 valence electrons. The standard InChI is InChI=1S/C18H15F3N2O2S2/c1-3-25-17(24)13-9(2)11-15(26)22-14(23-16(11)27-13)12(18(19,20)21)10-7-5-4-6-8-10/h4-8,12H,3H2,1-2H3,(H,22,23,26). The maximum Gasteiger partial charge on any atom is 0.402 e. The lowest BCUT2D eigenvalue weighted by Crippen LogP contribution is -2.24. The number of ether oxygens (including phenoxy) is 1. The van der Waals surface area contributed by atoms with Gasteiger partial charge >= 0.3 is 12.1 Å². The maximum absolute atomic E-state index is 13.8. The SMILES string of the molecule is CCOC(=O)c1sc2nc(C(c3ccccc3)C(F)(F)F)[nH]c(=S)c2c1C. The van der Waals surface area contributed by atoms with Crippen LogP contribution in [0.15, 0.2) is 30.3 Å². The highest BCUT2D eigenvalue weighted by molar-refractivity contribution is 7.71. The first-order valence-corrected chi connectivity index (χ1v) is 9.28. The van der Waals surface area contributed by atoms with Crippen LogP contribution in [0.25, 0.3) is 10.2 Å². The minimum Gasteiger partial charge on any atom is -0.462 e. The first kappa shape index (κ1) is 19.5. The number of nitrogens with zero attached hydrogens (tertiary/aromatic N) is 1. The van der Waals surface area contributed by atoms with Gasteiger partial charge in [-0.05, 0) is 25.0 Å². The third-order valence-corrected chi connectivity index (χ3v) is 5.49. The molecule has 2 aromatic heterocycles. The van der Waals surface area contributed by atoms with Gasteiger partial charge in [0.15, 0.2) is 0 Å². The second kappa shape index (κ2) is 7.40.